The molecule has 0 aliphatic carbocycles. The minimum Gasteiger partial charge on any atom is -0.466 e. The largest absolute Gasteiger partial charge is 0.466 e. The van der Waals surface area contributed by atoms with Crippen molar-refractivity contribution in [3.63, 3.8) is 0 Å². The van der Waals surface area contributed by atoms with Gasteiger partial charge in [0.25, 0.3) is 0 Å². The van der Waals surface area contributed by atoms with Crippen LogP contribution < -0.4 is 0 Å². The number of carbonyl (C=O) groups excluding carboxylic acids is 1. The van der Waals surface area contributed by atoms with Crippen LogP contribution in [-0.2, 0) is 9.53 Å². The van der Waals surface area contributed by atoms with E-state index in [1.54, 1.807) is 36.4 Å². The van der Waals surface area contributed by atoms with Crippen LogP contribution in [0.3, 0.4) is 0 Å². The summed E-state index contributed by atoms with van der Waals surface area (Å²) >= 11 is 0. The first-order chi connectivity index (χ1) is 7.76. The molecule has 0 spiro atoms. The number of ether oxygens (including phenoxy) is 1. The second kappa shape index (κ2) is 6.06. The highest BCUT2D eigenvalue weighted by Crippen LogP contribution is 2.05. The molecule has 3 nitrogen and oxygen atoms in total. The molecule has 0 atom stereocenters. The minimum atomic E-state index is -0.395. The summed E-state index contributed by atoms with van der Waals surface area (Å²) in [7, 11) is 1.33. The molecule has 0 fully saturated rings. The van der Waals surface area contributed by atoms with E-state index in [1.807, 2.05) is 0 Å². The van der Waals surface area contributed by atoms with E-state index >= 15 is 0 Å². The van der Waals surface area contributed by atoms with Crippen molar-refractivity contribution >= 4 is 12.0 Å². The first-order valence-corrected chi connectivity index (χ1v) is 4.52. The lowest BCUT2D eigenvalue weighted by molar-refractivity contribution is -0.134. The number of benzene rings is 1. The zero-order valence-corrected chi connectivity index (χ0v) is 8.73. The van der Waals surface area contributed by atoms with Gasteiger partial charge in [-0.3, -0.25) is 0 Å². The molecular weight excluding hydrogens is 202 g/mol. The Morgan fingerprint density at radius 1 is 1.38 bits per heavy atom. The molecule has 0 aliphatic rings. The molecule has 0 amide bonds. The molecule has 0 saturated carbocycles. The van der Waals surface area contributed by atoms with Crippen LogP contribution in [0.4, 0.5) is 0 Å². The molecule has 1 aromatic rings. The van der Waals surface area contributed by atoms with Gasteiger partial charge in [-0.15, -0.1) is 0 Å². The summed E-state index contributed by atoms with van der Waals surface area (Å²) in [6.07, 6.45) is 2.99. The van der Waals surface area contributed by atoms with E-state index in [1.165, 1.54) is 13.2 Å². The molecule has 3 heteroatoms. The molecule has 0 saturated heterocycles. The average Bonchev–Trinajstić information content (AvgIpc) is 2.34. The summed E-state index contributed by atoms with van der Waals surface area (Å²) in [5.74, 6) is 4.58. The normalized spacial score (nSPS) is 9.00. The van der Waals surface area contributed by atoms with Gasteiger partial charge in [-0.05, 0) is 23.8 Å². The van der Waals surface area contributed by atoms with E-state index in [-0.39, 0.29) is 0 Å². The summed E-state index contributed by atoms with van der Waals surface area (Å²) in [5.41, 5.74) is 1.63. The SMILES string of the molecule is COC(=O)/C=C/c1ccc(C#CC#N)cc1. The van der Waals surface area contributed by atoms with E-state index in [9.17, 15) is 4.79 Å². The summed E-state index contributed by atoms with van der Waals surface area (Å²) in [4.78, 5) is 10.8. The summed E-state index contributed by atoms with van der Waals surface area (Å²) in [6.45, 7) is 0. The molecule has 0 bridgehead atoms. The maximum atomic E-state index is 10.8. The molecule has 0 radical (unpaired) electrons. The number of nitrogens with zero attached hydrogens (tertiary/aromatic N) is 1. The summed E-state index contributed by atoms with van der Waals surface area (Å²) < 4.78 is 4.46. The van der Waals surface area contributed by atoms with E-state index in [4.69, 9.17) is 5.26 Å². The van der Waals surface area contributed by atoms with E-state index < -0.39 is 5.97 Å². The molecule has 1 rings (SSSR count). The molecule has 0 unspecified atom stereocenters. The Labute approximate surface area is 94.0 Å². The molecule has 0 aromatic heterocycles. The first-order valence-electron chi connectivity index (χ1n) is 4.52. The smallest absolute Gasteiger partial charge is 0.330 e. The summed E-state index contributed by atoms with van der Waals surface area (Å²) in [5, 5.41) is 8.27. The summed E-state index contributed by atoms with van der Waals surface area (Å²) in [6, 6.07) is 8.91. The van der Waals surface area contributed by atoms with Gasteiger partial charge in [0, 0.05) is 17.6 Å². The van der Waals surface area contributed by atoms with Gasteiger partial charge < -0.3 is 4.74 Å². The van der Waals surface area contributed by atoms with Crippen LogP contribution in [0.1, 0.15) is 11.1 Å². The number of nitriles is 1. The van der Waals surface area contributed by atoms with Gasteiger partial charge in [0.15, 0.2) is 6.07 Å². The molecule has 0 N–H and O–H groups in total. The fourth-order valence-electron chi connectivity index (χ4n) is 1.01. The van der Waals surface area contributed by atoms with Crippen molar-refractivity contribution in [1.29, 1.82) is 5.26 Å². The Morgan fingerprint density at radius 3 is 2.62 bits per heavy atom. The fraction of sp³-hybridized carbons (Fsp3) is 0.0769. The minimum absolute atomic E-state index is 0.395. The van der Waals surface area contributed by atoms with Gasteiger partial charge >= 0.3 is 5.97 Å². The quantitative estimate of drug-likeness (QED) is 0.425. The number of hydrogen-bond acceptors (Lipinski definition) is 3. The van der Waals surface area contributed by atoms with Crippen LogP contribution >= 0.6 is 0 Å². The zero-order chi connectivity index (χ0) is 11.8. The predicted molar refractivity (Wildman–Crippen MR) is 60.0 cm³/mol. The topological polar surface area (TPSA) is 50.1 Å². The van der Waals surface area contributed by atoms with Crippen molar-refractivity contribution < 1.29 is 9.53 Å². The van der Waals surface area contributed by atoms with Crippen molar-refractivity contribution in [2.24, 2.45) is 0 Å². The third kappa shape index (κ3) is 3.69. The van der Waals surface area contributed by atoms with Crippen LogP contribution in [0.5, 0.6) is 0 Å². The lowest BCUT2D eigenvalue weighted by atomic mass is 10.1. The monoisotopic (exact) mass is 211 g/mol. The van der Waals surface area contributed by atoms with Crippen molar-refractivity contribution in [3.8, 4) is 17.9 Å². The van der Waals surface area contributed by atoms with Gasteiger partial charge in [0.05, 0.1) is 7.11 Å². The van der Waals surface area contributed by atoms with Crippen molar-refractivity contribution in [1.82, 2.24) is 0 Å². The number of rotatable bonds is 2. The van der Waals surface area contributed by atoms with Crippen LogP contribution in [0.15, 0.2) is 30.3 Å². The molecular formula is C13H9NO2. The predicted octanol–water partition coefficient (Wildman–Crippen LogP) is 1.75. The van der Waals surface area contributed by atoms with Crippen LogP contribution in [0, 0.1) is 23.2 Å². The van der Waals surface area contributed by atoms with Crippen LogP contribution in [0.25, 0.3) is 6.08 Å². The standard InChI is InChI=1S/C13H9NO2/c1-16-13(15)9-8-12-6-4-11(5-7-12)3-2-10-14/h4-9H,1H3/b9-8+. The second-order valence-electron chi connectivity index (χ2n) is 2.84. The highest BCUT2D eigenvalue weighted by atomic mass is 16.5. The van der Waals surface area contributed by atoms with E-state index in [0.29, 0.717) is 0 Å². The zero-order valence-electron chi connectivity index (χ0n) is 8.73. The van der Waals surface area contributed by atoms with Crippen molar-refractivity contribution in [2.45, 2.75) is 0 Å². The first kappa shape index (κ1) is 11.6. The Morgan fingerprint density at radius 2 is 2.06 bits per heavy atom. The molecule has 78 valence electrons. The average molecular weight is 211 g/mol. The molecule has 1 aromatic carbocycles. The van der Waals surface area contributed by atoms with Gasteiger partial charge in [-0.2, -0.15) is 5.26 Å². The van der Waals surface area contributed by atoms with Crippen LogP contribution in [-0.4, -0.2) is 13.1 Å². The van der Waals surface area contributed by atoms with Gasteiger partial charge in [0.2, 0.25) is 0 Å². The fourth-order valence-corrected chi connectivity index (χ4v) is 1.01. The highest BCUT2D eigenvalue weighted by molar-refractivity contribution is 5.86. The van der Waals surface area contributed by atoms with Gasteiger partial charge in [-0.25, -0.2) is 4.79 Å². The number of esters is 1. The lowest BCUT2D eigenvalue weighted by Gasteiger charge is -1.94. The Kier molecular flexibility index (Phi) is 4.37. The van der Waals surface area contributed by atoms with E-state index in [2.05, 4.69) is 16.6 Å². The van der Waals surface area contributed by atoms with Crippen molar-refractivity contribution in [2.75, 3.05) is 7.11 Å². The number of methoxy groups -OCH3 is 1. The maximum absolute atomic E-state index is 10.8. The number of hydrogen-bond donors (Lipinski definition) is 0. The van der Waals surface area contributed by atoms with Gasteiger partial charge in [-0.1, -0.05) is 18.1 Å². The Bertz CT molecular complexity index is 495. The second-order valence-corrected chi connectivity index (χ2v) is 2.84. The van der Waals surface area contributed by atoms with Crippen molar-refractivity contribution in [3.05, 3.63) is 41.5 Å². The van der Waals surface area contributed by atoms with E-state index in [0.717, 1.165) is 11.1 Å². The number of carbonyl (C=O) groups is 1. The van der Waals surface area contributed by atoms with Gasteiger partial charge in [0.1, 0.15) is 0 Å². The third-order valence-corrected chi connectivity index (χ3v) is 1.79. The molecule has 0 heterocycles. The van der Waals surface area contributed by atoms with Crippen LogP contribution in [0.2, 0.25) is 0 Å². The third-order valence-electron chi connectivity index (χ3n) is 1.79. The highest BCUT2D eigenvalue weighted by Gasteiger charge is 1.92. The Balaban J connectivity index is 2.76. The molecule has 0 aliphatic heterocycles. The Hall–Kier alpha value is -2.52. The molecule has 16 heavy (non-hydrogen) atoms. The lowest BCUT2D eigenvalue weighted by Crippen LogP contribution is -1.93. The maximum Gasteiger partial charge on any atom is 0.330 e.